The molecule has 0 aliphatic rings. The minimum atomic E-state index is 0.339. The number of nitrogens with two attached hydrogens (primary N) is 1. The van der Waals surface area contributed by atoms with Crippen LogP contribution < -0.4 is 5.73 Å². The fraction of sp³-hybridized carbons (Fsp3) is 0.154. The molecule has 3 rings (SSSR count). The number of nitrogen functional groups attached to an aromatic ring is 1. The summed E-state index contributed by atoms with van der Waals surface area (Å²) in [6, 6.07) is 11.4. The molecule has 0 saturated heterocycles. The number of hydrogen-bond donors (Lipinski definition) is 1. The number of benzene rings is 1. The highest BCUT2D eigenvalue weighted by atomic mass is 15.6. The molecule has 0 radical (unpaired) electrons. The van der Waals surface area contributed by atoms with Crippen LogP contribution in [0.2, 0.25) is 0 Å². The molecule has 3 aromatic rings. The second-order valence-electron chi connectivity index (χ2n) is 4.36. The van der Waals surface area contributed by atoms with Crippen LogP contribution in [0.15, 0.2) is 36.4 Å². The molecule has 20 heavy (non-hydrogen) atoms. The van der Waals surface area contributed by atoms with Crippen LogP contribution >= 0.6 is 0 Å². The molecule has 0 atom stereocenters. The van der Waals surface area contributed by atoms with E-state index in [1.165, 1.54) is 4.80 Å². The normalized spacial score (nSPS) is 10.7. The Kier molecular flexibility index (Phi) is 3.08. The van der Waals surface area contributed by atoms with E-state index in [0.29, 0.717) is 24.0 Å². The maximum atomic E-state index is 5.69. The lowest BCUT2D eigenvalue weighted by atomic mass is 10.2. The molecule has 0 unspecified atom stereocenters. The van der Waals surface area contributed by atoms with Gasteiger partial charge < -0.3 is 5.73 Å². The molecule has 0 aliphatic heterocycles. The van der Waals surface area contributed by atoms with E-state index in [0.717, 1.165) is 11.3 Å². The summed E-state index contributed by atoms with van der Waals surface area (Å²) in [5, 5.41) is 12.3. The van der Waals surface area contributed by atoms with Gasteiger partial charge in [-0.2, -0.15) is 4.80 Å². The van der Waals surface area contributed by atoms with E-state index in [1.807, 2.05) is 37.3 Å². The summed E-state index contributed by atoms with van der Waals surface area (Å²) >= 11 is 0. The van der Waals surface area contributed by atoms with E-state index >= 15 is 0 Å². The van der Waals surface area contributed by atoms with Crippen molar-refractivity contribution in [3.63, 3.8) is 0 Å². The van der Waals surface area contributed by atoms with E-state index in [1.54, 1.807) is 6.07 Å². The third kappa shape index (κ3) is 2.61. The molecule has 0 amide bonds. The Morgan fingerprint density at radius 3 is 2.70 bits per heavy atom. The van der Waals surface area contributed by atoms with E-state index in [4.69, 9.17) is 5.73 Å². The summed E-state index contributed by atoms with van der Waals surface area (Å²) in [6.07, 6.45) is 0. The molecule has 0 aliphatic carbocycles. The van der Waals surface area contributed by atoms with Crippen LogP contribution in [0.25, 0.3) is 11.4 Å². The van der Waals surface area contributed by atoms with Gasteiger partial charge in [-0.3, -0.25) is 0 Å². The van der Waals surface area contributed by atoms with Crippen molar-refractivity contribution >= 4 is 5.82 Å². The lowest BCUT2D eigenvalue weighted by molar-refractivity contribution is 0.554. The highest BCUT2D eigenvalue weighted by Crippen LogP contribution is 2.12. The number of nitrogens with zero attached hydrogens (tertiary/aromatic N) is 6. The molecule has 2 N–H and O–H groups in total. The maximum Gasteiger partial charge on any atom is 0.204 e. The van der Waals surface area contributed by atoms with Gasteiger partial charge in [-0.1, -0.05) is 30.3 Å². The van der Waals surface area contributed by atoms with Gasteiger partial charge in [-0.25, -0.2) is 9.97 Å². The predicted octanol–water partition coefficient (Wildman–Crippen LogP) is 1.07. The summed E-state index contributed by atoms with van der Waals surface area (Å²) in [4.78, 5) is 9.90. The molecule has 7 heteroatoms. The van der Waals surface area contributed by atoms with Gasteiger partial charge in [-0.05, 0) is 12.1 Å². The standard InChI is InChI=1S/C13H13N7/c1-9-7-11(14)16-12(15-9)8-20-18-13(17-19-20)10-5-3-2-4-6-10/h2-7H,8H2,1H3,(H2,14,15,16). The summed E-state index contributed by atoms with van der Waals surface area (Å²) in [7, 11) is 0. The van der Waals surface area contributed by atoms with Crippen LogP contribution in [-0.4, -0.2) is 30.2 Å². The Bertz CT molecular complexity index is 700. The molecule has 2 aromatic heterocycles. The molecule has 0 saturated carbocycles. The van der Waals surface area contributed by atoms with Gasteiger partial charge in [0.05, 0.1) is 0 Å². The Morgan fingerprint density at radius 1 is 1.15 bits per heavy atom. The van der Waals surface area contributed by atoms with Crippen LogP contribution in [0.4, 0.5) is 5.82 Å². The van der Waals surface area contributed by atoms with Crippen molar-refractivity contribution in [1.82, 2.24) is 30.2 Å². The van der Waals surface area contributed by atoms with E-state index < -0.39 is 0 Å². The molecule has 0 bridgehead atoms. The van der Waals surface area contributed by atoms with E-state index in [-0.39, 0.29) is 0 Å². The zero-order chi connectivity index (χ0) is 13.9. The molecule has 2 heterocycles. The van der Waals surface area contributed by atoms with Crippen molar-refractivity contribution in [3.8, 4) is 11.4 Å². The summed E-state index contributed by atoms with van der Waals surface area (Å²) in [6.45, 7) is 2.21. The van der Waals surface area contributed by atoms with Crippen molar-refractivity contribution in [2.45, 2.75) is 13.5 Å². The van der Waals surface area contributed by atoms with Gasteiger partial charge in [0, 0.05) is 17.3 Å². The number of aromatic nitrogens is 6. The zero-order valence-electron chi connectivity index (χ0n) is 10.9. The second kappa shape index (κ2) is 5.04. The molecule has 1 aromatic carbocycles. The topological polar surface area (TPSA) is 95.4 Å². The molecule has 7 nitrogen and oxygen atoms in total. The van der Waals surface area contributed by atoms with Crippen molar-refractivity contribution in [2.75, 3.05) is 5.73 Å². The number of aryl methyl sites for hydroxylation is 1. The van der Waals surface area contributed by atoms with Gasteiger partial charge in [0.2, 0.25) is 5.82 Å². The molecule has 0 spiro atoms. The molecular formula is C13H13N7. The van der Waals surface area contributed by atoms with E-state index in [2.05, 4.69) is 25.4 Å². The Hall–Kier alpha value is -2.83. The van der Waals surface area contributed by atoms with Crippen molar-refractivity contribution in [2.24, 2.45) is 0 Å². The minimum absolute atomic E-state index is 0.339. The highest BCUT2D eigenvalue weighted by molar-refractivity contribution is 5.52. The van der Waals surface area contributed by atoms with Gasteiger partial charge in [0.25, 0.3) is 0 Å². The van der Waals surface area contributed by atoms with Crippen LogP contribution in [0.1, 0.15) is 11.5 Å². The third-order valence-electron chi connectivity index (χ3n) is 2.69. The van der Waals surface area contributed by atoms with Crippen LogP contribution in [0.3, 0.4) is 0 Å². The average Bonchev–Trinajstić information content (AvgIpc) is 2.87. The SMILES string of the molecule is Cc1cc(N)nc(Cn2nnc(-c3ccccc3)n2)n1. The first-order valence-corrected chi connectivity index (χ1v) is 6.14. The van der Waals surface area contributed by atoms with Crippen LogP contribution in [0.5, 0.6) is 0 Å². The van der Waals surface area contributed by atoms with Crippen molar-refractivity contribution in [3.05, 3.63) is 47.9 Å². The monoisotopic (exact) mass is 267 g/mol. The summed E-state index contributed by atoms with van der Waals surface area (Å²) in [5.41, 5.74) is 7.43. The fourth-order valence-electron chi connectivity index (χ4n) is 1.87. The largest absolute Gasteiger partial charge is 0.384 e. The Morgan fingerprint density at radius 2 is 1.95 bits per heavy atom. The second-order valence-corrected chi connectivity index (χ2v) is 4.36. The van der Waals surface area contributed by atoms with E-state index in [9.17, 15) is 0 Å². The number of rotatable bonds is 3. The molecular weight excluding hydrogens is 254 g/mol. The quantitative estimate of drug-likeness (QED) is 0.762. The first-order valence-electron chi connectivity index (χ1n) is 6.14. The van der Waals surface area contributed by atoms with Gasteiger partial charge in [0.1, 0.15) is 12.4 Å². The lowest BCUT2D eigenvalue weighted by Crippen LogP contribution is -2.09. The smallest absolute Gasteiger partial charge is 0.204 e. The predicted molar refractivity (Wildman–Crippen MR) is 73.5 cm³/mol. The number of hydrogen-bond acceptors (Lipinski definition) is 6. The first kappa shape index (κ1) is 12.2. The first-order chi connectivity index (χ1) is 9.70. The van der Waals surface area contributed by atoms with Crippen LogP contribution in [0, 0.1) is 6.92 Å². The molecule has 100 valence electrons. The number of anilines is 1. The van der Waals surface area contributed by atoms with Gasteiger partial charge >= 0.3 is 0 Å². The van der Waals surface area contributed by atoms with Crippen LogP contribution in [-0.2, 0) is 6.54 Å². The molecule has 0 fully saturated rings. The third-order valence-corrected chi connectivity index (χ3v) is 2.69. The zero-order valence-corrected chi connectivity index (χ0v) is 10.9. The Balaban J connectivity index is 1.84. The fourth-order valence-corrected chi connectivity index (χ4v) is 1.87. The van der Waals surface area contributed by atoms with Gasteiger partial charge in [0.15, 0.2) is 5.82 Å². The Labute approximate surface area is 115 Å². The van der Waals surface area contributed by atoms with Crippen molar-refractivity contribution in [1.29, 1.82) is 0 Å². The minimum Gasteiger partial charge on any atom is -0.384 e. The number of tetrazole rings is 1. The van der Waals surface area contributed by atoms with Gasteiger partial charge in [-0.15, -0.1) is 10.2 Å². The lowest BCUT2D eigenvalue weighted by Gasteiger charge is -2.01. The average molecular weight is 267 g/mol. The highest BCUT2D eigenvalue weighted by Gasteiger charge is 2.07. The summed E-state index contributed by atoms with van der Waals surface area (Å²) < 4.78 is 0. The summed E-state index contributed by atoms with van der Waals surface area (Å²) in [5.74, 6) is 1.58. The van der Waals surface area contributed by atoms with Crippen molar-refractivity contribution < 1.29 is 0 Å². The maximum absolute atomic E-state index is 5.69.